The standard InChI is InChI=1S/C6H8NO2/c1-4-6(3-8)7-5(2)9-4/h3H2,1-2H3. The third-order valence-electron chi connectivity index (χ3n) is 1.14. The first-order valence-electron chi connectivity index (χ1n) is 2.75. The van der Waals surface area contributed by atoms with Gasteiger partial charge in [0, 0.05) is 6.92 Å². The lowest BCUT2D eigenvalue weighted by atomic mass is 10.4. The number of rotatable bonds is 1. The highest BCUT2D eigenvalue weighted by Gasteiger charge is 2.03. The fourth-order valence-electron chi connectivity index (χ4n) is 0.706. The Morgan fingerprint density at radius 1 is 1.56 bits per heavy atom. The number of oxazole rings is 1. The largest absolute Gasteiger partial charge is 0.446 e. The molecule has 1 aromatic rings. The molecule has 1 heterocycles. The Morgan fingerprint density at radius 3 is 2.44 bits per heavy atom. The molecule has 3 heteroatoms. The van der Waals surface area contributed by atoms with E-state index in [4.69, 9.17) is 4.42 Å². The normalized spacial score (nSPS) is 10.1. The van der Waals surface area contributed by atoms with Crippen LogP contribution in [0.5, 0.6) is 0 Å². The van der Waals surface area contributed by atoms with Crippen molar-refractivity contribution < 1.29 is 9.52 Å². The van der Waals surface area contributed by atoms with Gasteiger partial charge in [0.05, 0.1) is 0 Å². The molecule has 1 aromatic heterocycles. The third-order valence-corrected chi connectivity index (χ3v) is 1.14. The number of aryl methyl sites for hydroxylation is 2. The summed E-state index contributed by atoms with van der Waals surface area (Å²) in [5.74, 6) is 1.21. The minimum atomic E-state index is -0.289. The van der Waals surface area contributed by atoms with Gasteiger partial charge < -0.3 is 4.42 Å². The number of hydrogen-bond donors (Lipinski definition) is 0. The quantitative estimate of drug-likeness (QED) is 0.568. The lowest BCUT2D eigenvalue weighted by Crippen LogP contribution is -1.82. The second-order valence-corrected chi connectivity index (χ2v) is 1.88. The Hall–Kier alpha value is -0.830. The van der Waals surface area contributed by atoms with Crippen LogP contribution in [0.4, 0.5) is 0 Å². The lowest BCUT2D eigenvalue weighted by molar-refractivity contribution is 0.173. The van der Waals surface area contributed by atoms with E-state index in [1.807, 2.05) is 0 Å². The Morgan fingerprint density at radius 2 is 2.22 bits per heavy atom. The highest BCUT2D eigenvalue weighted by atomic mass is 16.4. The van der Waals surface area contributed by atoms with Gasteiger partial charge in [0.1, 0.15) is 18.1 Å². The van der Waals surface area contributed by atoms with E-state index in [2.05, 4.69) is 4.98 Å². The maximum atomic E-state index is 10.2. The summed E-state index contributed by atoms with van der Waals surface area (Å²) in [6, 6.07) is 0. The fraction of sp³-hybridized carbons (Fsp3) is 0.500. The topological polar surface area (TPSA) is 45.9 Å². The van der Waals surface area contributed by atoms with Crippen LogP contribution < -0.4 is 0 Å². The van der Waals surface area contributed by atoms with E-state index in [9.17, 15) is 5.11 Å². The molecule has 9 heavy (non-hydrogen) atoms. The molecular weight excluding hydrogens is 118 g/mol. The van der Waals surface area contributed by atoms with Crippen molar-refractivity contribution in [2.45, 2.75) is 20.5 Å². The molecule has 0 saturated carbocycles. The van der Waals surface area contributed by atoms with Crippen LogP contribution in [-0.2, 0) is 11.7 Å². The molecule has 0 aliphatic rings. The van der Waals surface area contributed by atoms with Crippen LogP contribution >= 0.6 is 0 Å². The highest BCUT2D eigenvalue weighted by molar-refractivity contribution is 5.05. The van der Waals surface area contributed by atoms with E-state index < -0.39 is 0 Å². The van der Waals surface area contributed by atoms with Crippen molar-refractivity contribution in [2.75, 3.05) is 0 Å². The summed E-state index contributed by atoms with van der Waals surface area (Å²) in [7, 11) is 0. The minimum absolute atomic E-state index is 0.289. The van der Waals surface area contributed by atoms with E-state index in [0.717, 1.165) is 0 Å². The maximum absolute atomic E-state index is 10.2. The summed E-state index contributed by atoms with van der Waals surface area (Å²) in [5.41, 5.74) is 0.521. The molecule has 0 aliphatic heterocycles. The molecule has 0 bridgehead atoms. The van der Waals surface area contributed by atoms with Crippen LogP contribution in [0.3, 0.4) is 0 Å². The second-order valence-electron chi connectivity index (χ2n) is 1.88. The van der Waals surface area contributed by atoms with Gasteiger partial charge in [-0.15, -0.1) is 0 Å². The molecule has 0 unspecified atom stereocenters. The molecule has 49 valence electrons. The van der Waals surface area contributed by atoms with Gasteiger partial charge in [0.25, 0.3) is 0 Å². The molecule has 0 spiro atoms. The Balaban J connectivity index is 3.01. The van der Waals surface area contributed by atoms with Crippen LogP contribution in [0.15, 0.2) is 4.42 Å². The summed E-state index contributed by atoms with van der Waals surface area (Å²) in [5, 5.41) is 10.2. The van der Waals surface area contributed by atoms with Gasteiger partial charge in [-0.3, -0.25) is 0 Å². The Kier molecular flexibility index (Phi) is 1.53. The van der Waals surface area contributed by atoms with Crippen molar-refractivity contribution in [3.8, 4) is 0 Å². The first kappa shape index (κ1) is 6.29. The van der Waals surface area contributed by atoms with E-state index in [-0.39, 0.29) is 6.61 Å². The van der Waals surface area contributed by atoms with Gasteiger partial charge in [-0.1, -0.05) is 0 Å². The first-order valence-corrected chi connectivity index (χ1v) is 2.75. The van der Waals surface area contributed by atoms with Gasteiger partial charge in [0.15, 0.2) is 5.89 Å². The Labute approximate surface area is 53.3 Å². The zero-order chi connectivity index (χ0) is 6.85. The molecule has 0 fully saturated rings. The summed E-state index contributed by atoms with van der Waals surface area (Å²) in [4.78, 5) is 3.85. The average molecular weight is 126 g/mol. The summed E-state index contributed by atoms with van der Waals surface area (Å²) in [6.07, 6.45) is 0. The monoisotopic (exact) mass is 126 g/mol. The van der Waals surface area contributed by atoms with Crippen molar-refractivity contribution in [2.24, 2.45) is 0 Å². The van der Waals surface area contributed by atoms with Crippen LogP contribution in [0, 0.1) is 13.8 Å². The zero-order valence-electron chi connectivity index (χ0n) is 5.47. The van der Waals surface area contributed by atoms with Crippen LogP contribution in [0.1, 0.15) is 17.3 Å². The summed E-state index contributed by atoms with van der Waals surface area (Å²) in [6.45, 7) is 3.18. The van der Waals surface area contributed by atoms with Gasteiger partial charge in [-0.25, -0.2) is 10.1 Å². The second kappa shape index (κ2) is 2.19. The molecule has 0 aliphatic carbocycles. The van der Waals surface area contributed by atoms with Crippen molar-refractivity contribution >= 4 is 0 Å². The van der Waals surface area contributed by atoms with Crippen LogP contribution in [-0.4, -0.2) is 4.98 Å². The predicted molar refractivity (Wildman–Crippen MR) is 30.4 cm³/mol. The van der Waals surface area contributed by atoms with Gasteiger partial charge in [-0.2, -0.15) is 0 Å². The SMILES string of the molecule is Cc1nc(C[O])c(C)o1. The lowest BCUT2D eigenvalue weighted by Gasteiger charge is -1.81. The summed E-state index contributed by atoms with van der Waals surface area (Å²) >= 11 is 0. The fourth-order valence-corrected chi connectivity index (χ4v) is 0.706. The molecule has 0 saturated heterocycles. The highest BCUT2D eigenvalue weighted by Crippen LogP contribution is 2.07. The van der Waals surface area contributed by atoms with Crippen molar-refractivity contribution in [1.29, 1.82) is 0 Å². The summed E-state index contributed by atoms with van der Waals surface area (Å²) < 4.78 is 4.99. The minimum Gasteiger partial charge on any atom is -0.446 e. The number of nitrogens with zero attached hydrogens (tertiary/aromatic N) is 1. The van der Waals surface area contributed by atoms with Gasteiger partial charge in [-0.05, 0) is 6.92 Å². The number of aromatic nitrogens is 1. The van der Waals surface area contributed by atoms with Crippen molar-refractivity contribution in [1.82, 2.24) is 4.98 Å². The van der Waals surface area contributed by atoms with Crippen molar-refractivity contribution in [3.63, 3.8) is 0 Å². The van der Waals surface area contributed by atoms with Gasteiger partial charge >= 0.3 is 0 Å². The van der Waals surface area contributed by atoms with Crippen LogP contribution in [0.25, 0.3) is 0 Å². The first-order chi connectivity index (χ1) is 4.24. The molecule has 0 aromatic carbocycles. The molecule has 1 radical (unpaired) electrons. The number of hydrogen-bond acceptors (Lipinski definition) is 2. The average Bonchev–Trinajstić information content (AvgIpc) is 2.10. The molecular formula is C6H8NO2. The van der Waals surface area contributed by atoms with Gasteiger partial charge in [0.2, 0.25) is 0 Å². The zero-order valence-corrected chi connectivity index (χ0v) is 5.47. The third kappa shape index (κ3) is 1.10. The Bertz CT molecular complexity index is 205. The van der Waals surface area contributed by atoms with E-state index in [0.29, 0.717) is 17.3 Å². The molecule has 0 amide bonds. The predicted octanol–water partition coefficient (Wildman–Crippen LogP) is 1.22. The van der Waals surface area contributed by atoms with Crippen molar-refractivity contribution in [3.05, 3.63) is 17.3 Å². The van der Waals surface area contributed by atoms with E-state index >= 15 is 0 Å². The maximum Gasteiger partial charge on any atom is 0.191 e. The van der Waals surface area contributed by atoms with Crippen LogP contribution in [0.2, 0.25) is 0 Å². The molecule has 0 atom stereocenters. The molecule has 0 N–H and O–H groups in total. The van der Waals surface area contributed by atoms with E-state index in [1.54, 1.807) is 13.8 Å². The molecule has 3 nitrogen and oxygen atoms in total. The van der Waals surface area contributed by atoms with E-state index in [1.165, 1.54) is 0 Å². The smallest absolute Gasteiger partial charge is 0.191 e. The molecule has 1 rings (SSSR count).